The molecule has 2 aromatic rings. The number of urea groups is 1. The summed E-state index contributed by atoms with van der Waals surface area (Å²) >= 11 is 0. The van der Waals surface area contributed by atoms with Crippen LogP contribution in [0.3, 0.4) is 0 Å². The highest BCUT2D eigenvalue weighted by Crippen LogP contribution is 2.17. The Morgan fingerprint density at radius 3 is 2.62 bits per heavy atom. The number of rotatable bonds is 5. The van der Waals surface area contributed by atoms with Crippen molar-refractivity contribution in [2.24, 2.45) is 0 Å². The van der Waals surface area contributed by atoms with Crippen molar-refractivity contribution in [3.63, 3.8) is 0 Å². The number of carbonyl (C=O) groups is 1. The lowest BCUT2D eigenvalue weighted by Crippen LogP contribution is -2.48. The minimum Gasteiger partial charge on any atom is -0.388 e. The second kappa shape index (κ2) is 7.88. The maximum Gasteiger partial charge on any atom is 0.322 e. The van der Waals surface area contributed by atoms with E-state index in [2.05, 4.69) is 16.5 Å². The first-order chi connectivity index (χ1) is 12.5. The summed E-state index contributed by atoms with van der Waals surface area (Å²) < 4.78 is 7.22. The number of nitrogens with one attached hydrogen (secondary N) is 1. The van der Waals surface area contributed by atoms with E-state index in [4.69, 9.17) is 4.74 Å². The Morgan fingerprint density at radius 2 is 2.08 bits per heavy atom. The number of benzene rings is 1. The third-order valence-corrected chi connectivity index (χ3v) is 4.66. The van der Waals surface area contributed by atoms with Gasteiger partial charge in [-0.05, 0) is 44.5 Å². The summed E-state index contributed by atoms with van der Waals surface area (Å²) in [6.45, 7) is 7.75. The van der Waals surface area contributed by atoms with Crippen LogP contribution in [0, 0.1) is 13.8 Å². The van der Waals surface area contributed by atoms with E-state index in [1.807, 2.05) is 49.7 Å². The average molecular weight is 358 g/mol. The zero-order chi connectivity index (χ0) is 18.7. The van der Waals surface area contributed by atoms with Crippen molar-refractivity contribution in [2.75, 3.05) is 25.1 Å². The number of carbonyl (C=O) groups excluding carboxylic acids is 1. The van der Waals surface area contributed by atoms with Gasteiger partial charge in [0.05, 0.1) is 37.6 Å². The van der Waals surface area contributed by atoms with E-state index in [0.29, 0.717) is 19.7 Å². The zero-order valence-corrected chi connectivity index (χ0v) is 15.5. The highest BCUT2D eigenvalue weighted by atomic mass is 16.5. The van der Waals surface area contributed by atoms with E-state index >= 15 is 0 Å². The SMILES string of the molecule is CCN(C(=O)Nc1ccc(Cn2nc(C)cc2C)cc1)[C@@H]1COC[C@H]1O. The van der Waals surface area contributed by atoms with Gasteiger partial charge in [0.2, 0.25) is 0 Å². The first-order valence-electron chi connectivity index (χ1n) is 8.91. The average Bonchev–Trinajstić information content (AvgIpc) is 3.15. The van der Waals surface area contributed by atoms with Gasteiger partial charge >= 0.3 is 6.03 Å². The van der Waals surface area contributed by atoms with E-state index in [9.17, 15) is 9.90 Å². The first kappa shape index (κ1) is 18.4. The molecule has 7 heteroatoms. The Bertz CT molecular complexity index is 757. The van der Waals surface area contributed by atoms with E-state index in [0.717, 1.165) is 22.6 Å². The number of aliphatic hydroxyl groups excluding tert-OH is 1. The van der Waals surface area contributed by atoms with E-state index in [1.165, 1.54) is 0 Å². The molecule has 1 aromatic heterocycles. The lowest BCUT2D eigenvalue weighted by atomic mass is 10.2. The highest BCUT2D eigenvalue weighted by Gasteiger charge is 2.33. The topological polar surface area (TPSA) is 79.6 Å². The molecule has 1 fully saturated rings. The molecule has 2 heterocycles. The fourth-order valence-electron chi connectivity index (χ4n) is 3.25. The van der Waals surface area contributed by atoms with Gasteiger partial charge in [0, 0.05) is 17.9 Å². The summed E-state index contributed by atoms with van der Waals surface area (Å²) in [5, 5.41) is 17.3. The van der Waals surface area contributed by atoms with Crippen molar-refractivity contribution in [1.29, 1.82) is 0 Å². The van der Waals surface area contributed by atoms with Gasteiger partial charge in [-0.25, -0.2) is 4.79 Å². The number of aromatic nitrogens is 2. The van der Waals surface area contributed by atoms with Crippen molar-refractivity contribution >= 4 is 11.7 Å². The number of aliphatic hydroxyl groups is 1. The van der Waals surface area contributed by atoms with Crippen molar-refractivity contribution in [2.45, 2.75) is 39.5 Å². The number of nitrogens with zero attached hydrogens (tertiary/aromatic N) is 3. The summed E-state index contributed by atoms with van der Waals surface area (Å²) in [5.74, 6) is 0. The van der Waals surface area contributed by atoms with Crippen LogP contribution in [0.15, 0.2) is 30.3 Å². The molecule has 0 aliphatic carbocycles. The maximum atomic E-state index is 12.5. The fraction of sp³-hybridized carbons (Fsp3) is 0.474. The summed E-state index contributed by atoms with van der Waals surface area (Å²) in [6.07, 6.45) is -0.635. The molecule has 1 aliphatic rings. The molecular formula is C19H26N4O3. The van der Waals surface area contributed by atoms with Gasteiger partial charge in [-0.2, -0.15) is 5.10 Å². The standard InChI is InChI=1S/C19H26N4O3/c1-4-22(17-11-26-12-18(17)24)19(25)20-16-7-5-15(6-8-16)10-23-14(3)9-13(2)21-23/h5-9,17-18,24H,4,10-12H2,1-3H3,(H,20,25)/t17-,18-/m1/s1. The molecule has 1 aliphatic heterocycles. The van der Waals surface area contributed by atoms with Gasteiger partial charge in [-0.1, -0.05) is 12.1 Å². The van der Waals surface area contributed by atoms with Crippen LogP contribution in [0.5, 0.6) is 0 Å². The Labute approximate surface area is 153 Å². The number of ether oxygens (including phenoxy) is 1. The van der Waals surface area contributed by atoms with Crippen LogP contribution in [0.4, 0.5) is 10.5 Å². The number of anilines is 1. The van der Waals surface area contributed by atoms with Crippen LogP contribution >= 0.6 is 0 Å². The molecule has 0 saturated carbocycles. The largest absolute Gasteiger partial charge is 0.388 e. The molecule has 2 N–H and O–H groups in total. The third-order valence-electron chi connectivity index (χ3n) is 4.66. The number of hydrogen-bond donors (Lipinski definition) is 2. The Hall–Kier alpha value is -2.38. The third kappa shape index (κ3) is 4.05. The minimum absolute atomic E-state index is 0.228. The lowest BCUT2D eigenvalue weighted by Gasteiger charge is -2.28. The number of hydrogen-bond acceptors (Lipinski definition) is 4. The second-order valence-electron chi connectivity index (χ2n) is 6.67. The van der Waals surface area contributed by atoms with Crippen LogP contribution in [0.25, 0.3) is 0 Å². The van der Waals surface area contributed by atoms with E-state index < -0.39 is 6.10 Å². The monoisotopic (exact) mass is 358 g/mol. The molecule has 0 radical (unpaired) electrons. The normalized spacial score (nSPS) is 19.5. The van der Waals surface area contributed by atoms with Crippen molar-refractivity contribution in [3.8, 4) is 0 Å². The Morgan fingerprint density at radius 1 is 1.35 bits per heavy atom. The molecule has 26 heavy (non-hydrogen) atoms. The predicted octanol–water partition coefficient (Wildman–Crippen LogP) is 2.16. The highest BCUT2D eigenvalue weighted by molar-refractivity contribution is 5.89. The summed E-state index contributed by atoms with van der Waals surface area (Å²) in [6, 6.07) is 9.25. The fourth-order valence-corrected chi connectivity index (χ4v) is 3.25. The summed E-state index contributed by atoms with van der Waals surface area (Å²) in [5.41, 5.74) is 3.96. The maximum absolute atomic E-state index is 12.5. The number of aryl methyl sites for hydroxylation is 2. The molecule has 0 unspecified atom stereocenters. The summed E-state index contributed by atoms with van der Waals surface area (Å²) in [7, 11) is 0. The molecule has 2 amide bonds. The van der Waals surface area contributed by atoms with Crippen LogP contribution in [-0.2, 0) is 11.3 Å². The van der Waals surface area contributed by atoms with Gasteiger partial charge in [-0.3, -0.25) is 4.68 Å². The van der Waals surface area contributed by atoms with Crippen LogP contribution in [0.2, 0.25) is 0 Å². The molecule has 0 spiro atoms. The zero-order valence-electron chi connectivity index (χ0n) is 15.5. The van der Waals surface area contributed by atoms with Crippen LogP contribution in [-0.4, -0.2) is 57.7 Å². The summed E-state index contributed by atoms with van der Waals surface area (Å²) in [4.78, 5) is 14.1. The number of amides is 2. The van der Waals surface area contributed by atoms with Crippen molar-refractivity contribution < 1.29 is 14.6 Å². The Balaban J connectivity index is 1.63. The lowest BCUT2D eigenvalue weighted by molar-refractivity contribution is 0.1000. The molecular weight excluding hydrogens is 332 g/mol. The molecule has 0 bridgehead atoms. The molecule has 1 aromatic carbocycles. The quantitative estimate of drug-likeness (QED) is 0.858. The number of likely N-dealkylation sites (N-methyl/N-ethyl adjacent to an activating group) is 1. The van der Waals surface area contributed by atoms with Crippen molar-refractivity contribution in [1.82, 2.24) is 14.7 Å². The van der Waals surface area contributed by atoms with Crippen LogP contribution in [0.1, 0.15) is 23.9 Å². The molecule has 3 rings (SSSR count). The van der Waals surface area contributed by atoms with Gasteiger partial charge in [0.25, 0.3) is 0 Å². The minimum atomic E-state index is -0.635. The van der Waals surface area contributed by atoms with Gasteiger partial charge in [0.15, 0.2) is 0 Å². The van der Waals surface area contributed by atoms with E-state index in [-0.39, 0.29) is 18.7 Å². The molecule has 2 atom stereocenters. The predicted molar refractivity (Wildman–Crippen MR) is 99.3 cm³/mol. The van der Waals surface area contributed by atoms with Gasteiger partial charge in [-0.15, -0.1) is 0 Å². The van der Waals surface area contributed by atoms with Crippen molar-refractivity contribution in [3.05, 3.63) is 47.3 Å². The van der Waals surface area contributed by atoms with Crippen LogP contribution < -0.4 is 5.32 Å². The first-order valence-corrected chi connectivity index (χ1v) is 8.91. The van der Waals surface area contributed by atoms with E-state index in [1.54, 1.807) is 4.90 Å². The van der Waals surface area contributed by atoms with Gasteiger partial charge < -0.3 is 20.1 Å². The smallest absolute Gasteiger partial charge is 0.322 e. The molecule has 7 nitrogen and oxygen atoms in total. The van der Waals surface area contributed by atoms with Gasteiger partial charge in [0.1, 0.15) is 0 Å². The Kier molecular flexibility index (Phi) is 5.58. The molecule has 140 valence electrons. The second-order valence-corrected chi connectivity index (χ2v) is 6.67. The molecule has 1 saturated heterocycles.